The molecule has 0 bridgehead atoms. The van der Waals surface area contributed by atoms with Gasteiger partial charge in [-0.2, -0.15) is 0 Å². The van der Waals surface area contributed by atoms with Crippen LogP contribution in [0, 0.1) is 12.8 Å². The average molecular weight is 524 g/mol. The van der Waals surface area contributed by atoms with Crippen molar-refractivity contribution in [1.29, 1.82) is 0 Å². The van der Waals surface area contributed by atoms with Gasteiger partial charge in [-0.25, -0.2) is 4.98 Å². The van der Waals surface area contributed by atoms with Crippen LogP contribution in [0.15, 0.2) is 63.6 Å². The van der Waals surface area contributed by atoms with Gasteiger partial charge in [-0.3, -0.25) is 14.4 Å². The highest BCUT2D eigenvalue weighted by atomic mass is 32.1. The lowest BCUT2D eigenvalue weighted by atomic mass is 10.0. The molecule has 0 aliphatic carbocycles. The van der Waals surface area contributed by atoms with E-state index < -0.39 is 17.9 Å². The minimum Gasteiger partial charge on any atom is -0.368 e. The third-order valence-electron chi connectivity index (χ3n) is 5.47. The molecule has 0 aliphatic rings. The van der Waals surface area contributed by atoms with Crippen molar-refractivity contribution in [2.24, 2.45) is 17.4 Å². The first-order valence-electron chi connectivity index (χ1n) is 11.3. The highest BCUT2D eigenvalue weighted by Gasteiger charge is 2.14. The fraction of sp³-hybridized carbons (Fsp3) is 0.231. The van der Waals surface area contributed by atoms with Crippen LogP contribution in [0.3, 0.4) is 0 Å². The maximum absolute atomic E-state index is 12.5. The molecular weight excluding hydrogens is 494 g/mol. The van der Waals surface area contributed by atoms with Crippen LogP contribution < -0.4 is 22.3 Å². The van der Waals surface area contributed by atoms with E-state index in [4.69, 9.17) is 11.5 Å². The summed E-state index contributed by atoms with van der Waals surface area (Å²) in [7, 11) is 0. The average Bonchev–Trinajstić information content (AvgIpc) is 3.24. The Balaban J connectivity index is 0.000000392. The summed E-state index contributed by atoms with van der Waals surface area (Å²) in [6, 6.07) is 15.3. The number of H-pyrrole nitrogens is 1. The Bertz CT molecular complexity index is 1430. The van der Waals surface area contributed by atoms with Crippen molar-refractivity contribution in [1.82, 2.24) is 15.3 Å². The molecule has 2 amide bonds. The molecule has 1 atom stereocenters. The number of nitrogens with two attached hydrogens (primary N) is 2. The minimum atomic E-state index is -0.491. The molecule has 36 heavy (non-hydrogen) atoms. The normalized spacial score (nSPS) is 11.6. The molecule has 0 aliphatic heterocycles. The molecule has 6 N–H and O–H groups in total. The van der Waals surface area contributed by atoms with Crippen molar-refractivity contribution >= 4 is 46.0 Å². The fourth-order valence-corrected chi connectivity index (χ4v) is 4.38. The quantitative estimate of drug-likeness (QED) is 0.245. The van der Waals surface area contributed by atoms with Gasteiger partial charge in [-0.05, 0) is 58.7 Å². The van der Waals surface area contributed by atoms with Crippen molar-refractivity contribution in [2.75, 3.05) is 0 Å². The molecule has 0 fully saturated rings. The Labute approximate surface area is 218 Å². The number of thiophene rings is 1. The monoisotopic (exact) mass is 523 g/mol. The Morgan fingerprint density at radius 1 is 1.14 bits per heavy atom. The lowest BCUT2D eigenvalue weighted by molar-refractivity contribution is -0.120. The predicted octanol–water partition coefficient (Wildman–Crippen LogP) is 3.63. The summed E-state index contributed by atoms with van der Waals surface area (Å²) >= 11 is 5.67. The number of aromatic amines is 1. The van der Waals surface area contributed by atoms with Crippen LogP contribution in [0.1, 0.15) is 35.6 Å². The first kappa shape index (κ1) is 27.1. The summed E-state index contributed by atoms with van der Waals surface area (Å²) in [5, 5.41) is 5.23. The second-order valence-electron chi connectivity index (χ2n) is 8.62. The van der Waals surface area contributed by atoms with Crippen molar-refractivity contribution < 1.29 is 9.59 Å². The van der Waals surface area contributed by atoms with Crippen molar-refractivity contribution in [2.45, 2.75) is 38.3 Å². The van der Waals surface area contributed by atoms with E-state index in [9.17, 15) is 14.4 Å². The molecule has 0 saturated carbocycles. The van der Waals surface area contributed by atoms with E-state index in [0.717, 1.165) is 27.1 Å². The van der Waals surface area contributed by atoms with E-state index >= 15 is 0 Å². The molecule has 188 valence electrons. The van der Waals surface area contributed by atoms with Gasteiger partial charge in [-0.1, -0.05) is 44.2 Å². The van der Waals surface area contributed by atoms with E-state index in [0.29, 0.717) is 16.8 Å². The molecule has 0 radical (unpaired) electrons. The van der Waals surface area contributed by atoms with Crippen LogP contribution in [-0.2, 0) is 11.3 Å². The van der Waals surface area contributed by atoms with Gasteiger partial charge in [-0.15, -0.1) is 24.0 Å². The van der Waals surface area contributed by atoms with Gasteiger partial charge >= 0.3 is 0 Å². The highest BCUT2D eigenvalue weighted by Crippen LogP contribution is 2.22. The van der Waals surface area contributed by atoms with Gasteiger partial charge in [0.1, 0.15) is 4.83 Å². The second-order valence-corrected chi connectivity index (χ2v) is 9.99. The van der Waals surface area contributed by atoms with E-state index in [1.54, 1.807) is 0 Å². The molecule has 1 unspecified atom stereocenters. The summed E-state index contributed by atoms with van der Waals surface area (Å²) in [6.45, 7) is 5.90. The number of aryl methyl sites for hydroxylation is 1. The fourth-order valence-electron chi connectivity index (χ4n) is 3.31. The predicted molar refractivity (Wildman–Crippen MR) is 147 cm³/mol. The van der Waals surface area contributed by atoms with Gasteiger partial charge in [0.05, 0.1) is 11.4 Å². The molecule has 4 aromatic rings. The number of fused-ring (bicyclic) bond motifs is 1. The molecule has 10 heteroatoms. The third kappa shape index (κ3) is 6.81. The number of nitrogens with zero attached hydrogens (tertiary/aromatic N) is 1. The molecule has 0 saturated heterocycles. The maximum Gasteiger partial charge on any atom is 0.287 e. The lowest BCUT2D eigenvalue weighted by Crippen LogP contribution is -2.40. The zero-order valence-corrected chi connectivity index (χ0v) is 22.0. The van der Waals surface area contributed by atoms with Crippen LogP contribution in [-0.4, -0.2) is 27.8 Å². The van der Waals surface area contributed by atoms with Crippen LogP contribution in [0.4, 0.5) is 0 Å². The zero-order chi connectivity index (χ0) is 26.4. The Hall–Kier alpha value is -3.47. The van der Waals surface area contributed by atoms with E-state index in [1.165, 1.54) is 11.3 Å². The molecule has 8 nitrogen and oxygen atoms in total. The zero-order valence-electron chi connectivity index (χ0n) is 20.2. The molecule has 2 aromatic heterocycles. The summed E-state index contributed by atoms with van der Waals surface area (Å²) in [5.74, 6) is -0.665. The number of aromatic nitrogens is 2. The molecule has 0 spiro atoms. The van der Waals surface area contributed by atoms with Gasteiger partial charge in [0.15, 0.2) is 0 Å². The number of carbonyl (C=O) groups is 2. The summed E-state index contributed by atoms with van der Waals surface area (Å²) in [6.07, 6.45) is 0. The number of amides is 2. The molecular formula is C26H29N5O3S2. The highest BCUT2D eigenvalue weighted by molar-refractivity contribution is 7.80. The standard InChI is InChI=1S/C21H17N3O2S2.C5H12N2O/c1-12-11-28-21-17(12)19(25)23-18(24-21)20(26)22-10-13-3-2-4-15(9-13)14-5-7-16(27)8-6-14;1-3(2)4(6)5(7)8/h2-9,11,27H,10H2,1H3,(H,22,26)(H,23,24,25);3-4H,6H2,1-2H3,(H2,7,8). The van der Waals surface area contributed by atoms with Crippen molar-refractivity contribution in [3.8, 4) is 11.1 Å². The number of rotatable bonds is 6. The van der Waals surface area contributed by atoms with Crippen LogP contribution in [0.25, 0.3) is 21.3 Å². The molecule has 2 heterocycles. The number of thiol groups is 1. The van der Waals surface area contributed by atoms with E-state index in [-0.39, 0.29) is 17.3 Å². The Kier molecular flexibility index (Phi) is 9.03. The number of primary amides is 1. The number of hydrogen-bond donors (Lipinski definition) is 5. The maximum atomic E-state index is 12.5. The van der Waals surface area contributed by atoms with Crippen molar-refractivity contribution in [3.05, 3.63) is 81.2 Å². The SMILES string of the molecule is CC(C)C(N)C(N)=O.Cc1csc2nc(C(=O)NCc3cccc(-c4ccc(S)cc4)c3)[nH]c(=O)c12. The van der Waals surface area contributed by atoms with Gasteiger partial charge in [0, 0.05) is 11.4 Å². The summed E-state index contributed by atoms with van der Waals surface area (Å²) in [5.41, 5.74) is 13.8. The van der Waals surface area contributed by atoms with E-state index in [2.05, 4.69) is 27.9 Å². The number of hydrogen-bond acceptors (Lipinski definition) is 7. The topological polar surface area (TPSA) is 144 Å². The van der Waals surface area contributed by atoms with Gasteiger partial charge < -0.3 is 21.8 Å². The van der Waals surface area contributed by atoms with Gasteiger partial charge in [0.25, 0.3) is 11.5 Å². The van der Waals surface area contributed by atoms with Crippen LogP contribution in [0.5, 0.6) is 0 Å². The molecule has 4 rings (SSSR count). The molecule has 2 aromatic carbocycles. The Morgan fingerprint density at radius 2 is 1.83 bits per heavy atom. The summed E-state index contributed by atoms with van der Waals surface area (Å²) < 4.78 is 0. The Morgan fingerprint density at radius 3 is 2.44 bits per heavy atom. The number of benzene rings is 2. The number of carbonyl (C=O) groups excluding carboxylic acids is 2. The first-order valence-corrected chi connectivity index (χ1v) is 12.6. The second kappa shape index (κ2) is 12.0. The van der Waals surface area contributed by atoms with Crippen LogP contribution >= 0.6 is 24.0 Å². The first-order chi connectivity index (χ1) is 17.1. The summed E-state index contributed by atoms with van der Waals surface area (Å²) in [4.78, 5) is 43.3. The lowest BCUT2D eigenvalue weighted by Gasteiger charge is -2.09. The van der Waals surface area contributed by atoms with Gasteiger partial charge in [0.2, 0.25) is 11.7 Å². The van der Waals surface area contributed by atoms with Crippen LogP contribution in [0.2, 0.25) is 0 Å². The van der Waals surface area contributed by atoms with E-state index in [1.807, 2.05) is 74.7 Å². The smallest absolute Gasteiger partial charge is 0.287 e. The third-order valence-corrected chi connectivity index (χ3v) is 6.76. The number of nitrogens with one attached hydrogen (secondary N) is 2. The minimum absolute atomic E-state index is 0.0277. The van der Waals surface area contributed by atoms with Crippen molar-refractivity contribution in [3.63, 3.8) is 0 Å². The largest absolute Gasteiger partial charge is 0.368 e.